The SMILES string of the molecule is NCc1c(F)cccc1N1CCCC2C(=O)NCC21. The summed E-state index contributed by atoms with van der Waals surface area (Å²) in [7, 11) is 0. The molecule has 2 atom stereocenters. The molecule has 2 aliphatic heterocycles. The lowest BCUT2D eigenvalue weighted by molar-refractivity contribution is -0.122. The third kappa shape index (κ3) is 1.98. The summed E-state index contributed by atoms with van der Waals surface area (Å²) in [5, 5.41) is 2.91. The van der Waals surface area contributed by atoms with E-state index in [-0.39, 0.29) is 30.2 Å². The van der Waals surface area contributed by atoms with Crippen LogP contribution in [0.5, 0.6) is 0 Å². The number of nitrogens with zero attached hydrogens (tertiary/aromatic N) is 1. The molecule has 2 fully saturated rings. The zero-order valence-electron chi connectivity index (χ0n) is 10.7. The maximum absolute atomic E-state index is 13.8. The lowest BCUT2D eigenvalue weighted by Crippen LogP contribution is -2.46. The van der Waals surface area contributed by atoms with Crippen LogP contribution in [0.3, 0.4) is 0 Å². The minimum absolute atomic E-state index is 0.0302. The number of amides is 1. The van der Waals surface area contributed by atoms with Gasteiger partial charge in [-0.1, -0.05) is 6.07 Å². The van der Waals surface area contributed by atoms with Crippen molar-refractivity contribution in [3.05, 3.63) is 29.6 Å². The lowest BCUT2D eigenvalue weighted by atomic mass is 9.90. The fourth-order valence-corrected chi connectivity index (χ4v) is 3.27. The Hall–Kier alpha value is -1.62. The number of carbonyl (C=O) groups is 1. The first-order valence-corrected chi connectivity index (χ1v) is 6.74. The first kappa shape index (κ1) is 12.4. The third-order valence-corrected chi connectivity index (χ3v) is 4.21. The highest BCUT2D eigenvalue weighted by Gasteiger charge is 2.41. The van der Waals surface area contributed by atoms with E-state index in [9.17, 15) is 9.18 Å². The Bertz CT molecular complexity index is 505. The average Bonchev–Trinajstić information content (AvgIpc) is 2.80. The van der Waals surface area contributed by atoms with E-state index < -0.39 is 0 Å². The molecule has 2 unspecified atom stereocenters. The van der Waals surface area contributed by atoms with Crippen LogP contribution in [0, 0.1) is 11.7 Å². The van der Waals surface area contributed by atoms with Crippen molar-refractivity contribution >= 4 is 11.6 Å². The number of nitrogens with two attached hydrogens (primary N) is 1. The summed E-state index contributed by atoms with van der Waals surface area (Å²) in [6.45, 7) is 1.67. The molecular weight excluding hydrogens is 245 g/mol. The van der Waals surface area contributed by atoms with E-state index in [4.69, 9.17) is 5.73 Å². The van der Waals surface area contributed by atoms with Crippen LogP contribution in [0.1, 0.15) is 18.4 Å². The zero-order valence-corrected chi connectivity index (χ0v) is 10.7. The van der Waals surface area contributed by atoms with Gasteiger partial charge in [0.1, 0.15) is 5.82 Å². The molecule has 2 aliphatic rings. The van der Waals surface area contributed by atoms with Gasteiger partial charge in [0.2, 0.25) is 5.91 Å². The molecule has 1 amide bonds. The summed E-state index contributed by atoms with van der Waals surface area (Å²) in [6, 6.07) is 5.17. The molecule has 4 nitrogen and oxygen atoms in total. The molecule has 1 aromatic rings. The first-order chi connectivity index (χ1) is 9.22. The van der Waals surface area contributed by atoms with E-state index in [0.29, 0.717) is 12.1 Å². The normalized spacial score (nSPS) is 26.2. The predicted octanol–water partition coefficient (Wildman–Crippen LogP) is 0.999. The van der Waals surface area contributed by atoms with Crippen molar-refractivity contribution in [2.24, 2.45) is 11.7 Å². The van der Waals surface area contributed by atoms with Crippen molar-refractivity contribution in [2.75, 3.05) is 18.0 Å². The molecule has 0 saturated carbocycles. The predicted molar refractivity (Wildman–Crippen MR) is 71.2 cm³/mol. The highest BCUT2D eigenvalue weighted by Crippen LogP contribution is 2.34. The molecule has 0 aliphatic carbocycles. The molecule has 0 spiro atoms. The maximum atomic E-state index is 13.8. The molecule has 0 bridgehead atoms. The van der Waals surface area contributed by atoms with Crippen molar-refractivity contribution in [3.8, 4) is 0 Å². The van der Waals surface area contributed by atoms with Crippen LogP contribution >= 0.6 is 0 Å². The number of halogens is 1. The van der Waals surface area contributed by atoms with Crippen LogP contribution in [0.4, 0.5) is 10.1 Å². The summed E-state index contributed by atoms with van der Waals surface area (Å²) in [5.41, 5.74) is 7.06. The molecule has 3 rings (SSSR count). The van der Waals surface area contributed by atoms with E-state index in [1.165, 1.54) is 6.07 Å². The number of rotatable bonds is 2. The summed E-state index contributed by atoms with van der Waals surface area (Å²) in [6.07, 6.45) is 1.87. The Balaban J connectivity index is 1.97. The van der Waals surface area contributed by atoms with Gasteiger partial charge in [0.15, 0.2) is 0 Å². The fourth-order valence-electron chi connectivity index (χ4n) is 3.27. The molecule has 5 heteroatoms. The number of hydrogen-bond donors (Lipinski definition) is 2. The number of piperidine rings is 1. The molecular formula is C14H18FN3O. The van der Waals surface area contributed by atoms with E-state index in [1.54, 1.807) is 6.07 Å². The van der Waals surface area contributed by atoms with Crippen LogP contribution in [0.2, 0.25) is 0 Å². The third-order valence-electron chi connectivity index (χ3n) is 4.21. The van der Waals surface area contributed by atoms with E-state index in [1.807, 2.05) is 6.07 Å². The first-order valence-electron chi connectivity index (χ1n) is 6.74. The smallest absolute Gasteiger partial charge is 0.225 e. The summed E-state index contributed by atoms with van der Waals surface area (Å²) < 4.78 is 13.8. The largest absolute Gasteiger partial charge is 0.366 e. The number of anilines is 1. The molecule has 19 heavy (non-hydrogen) atoms. The van der Waals surface area contributed by atoms with Gasteiger partial charge >= 0.3 is 0 Å². The van der Waals surface area contributed by atoms with E-state index in [0.717, 1.165) is 25.1 Å². The summed E-state index contributed by atoms with van der Waals surface area (Å²) >= 11 is 0. The van der Waals surface area contributed by atoms with Crippen molar-refractivity contribution in [1.29, 1.82) is 0 Å². The van der Waals surface area contributed by atoms with Crippen LogP contribution in [-0.2, 0) is 11.3 Å². The van der Waals surface area contributed by atoms with Crippen LogP contribution in [0.25, 0.3) is 0 Å². The zero-order chi connectivity index (χ0) is 13.4. The van der Waals surface area contributed by atoms with Gasteiger partial charge in [0.05, 0.1) is 12.0 Å². The van der Waals surface area contributed by atoms with Gasteiger partial charge in [-0.3, -0.25) is 4.79 Å². The number of hydrogen-bond acceptors (Lipinski definition) is 3. The number of carbonyl (C=O) groups excluding carboxylic acids is 1. The Morgan fingerprint density at radius 3 is 3.11 bits per heavy atom. The van der Waals surface area contributed by atoms with Gasteiger partial charge < -0.3 is 16.0 Å². The number of nitrogens with one attached hydrogen (secondary N) is 1. The second kappa shape index (κ2) is 4.81. The topological polar surface area (TPSA) is 58.4 Å². The minimum atomic E-state index is -0.264. The number of benzene rings is 1. The van der Waals surface area contributed by atoms with E-state index in [2.05, 4.69) is 10.2 Å². The van der Waals surface area contributed by atoms with Gasteiger partial charge in [-0.25, -0.2) is 4.39 Å². The van der Waals surface area contributed by atoms with Crippen LogP contribution in [0.15, 0.2) is 18.2 Å². The Kier molecular flexibility index (Phi) is 3.14. The molecule has 2 heterocycles. The molecule has 0 radical (unpaired) electrons. The average molecular weight is 263 g/mol. The molecule has 3 N–H and O–H groups in total. The lowest BCUT2D eigenvalue weighted by Gasteiger charge is -2.38. The minimum Gasteiger partial charge on any atom is -0.366 e. The number of fused-ring (bicyclic) bond motifs is 1. The van der Waals surface area contributed by atoms with Gasteiger partial charge in [0, 0.05) is 30.9 Å². The van der Waals surface area contributed by atoms with Crippen LogP contribution < -0.4 is 16.0 Å². The maximum Gasteiger partial charge on any atom is 0.225 e. The second-order valence-corrected chi connectivity index (χ2v) is 5.20. The fraction of sp³-hybridized carbons (Fsp3) is 0.500. The highest BCUT2D eigenvalue weighted by atomic mass is 19.1. The quantitative estimate of drug-likeness (QED) is 0.837. The highest BCUT2D eigenvalue weighted by molar-refractivity contribution is 5.83. The van der Waals surface area contributed by atoms with E-state index >= 15 is 0 Å². The van der Waals surface area contributed by atoms with Gasteiger partial charge in [-0.15, -0.1) is 0 Å². The van der Waals surface area contributed by atoms with Crippen LogP contribution in [-0.4, -0.2) is 25.0 Å². The van der Waals surface area contributed by atoms with Crippen molar-refractivity contribution in [2.45, 2.75) is 25.4 Å². The van der Waals surface area contributed by atoms with Gasteiger partial charge in [-0.05, 0) is 25.0 Å². The monoisotopic (exact) mass is 263 g/mol. The molecule has 1 aromatic carbocycles. The molecule has 0 aromatic heterocycles. The van der Waals surface area contributed by atoms with Crippen molar-refractivity contribution < 1.29 is 9.18 Å². The second-order valence-electron chi connectivity index (χ2n) is 5.20. The van der Waals surface area contributed by atoms with Gasteiger partial charge in [0.25, 0.3) is 0 Å². The Labute approximate surface area is 111 Å². The molecule has 102 valence electrons. The molecule has 2 saturated heterocycles. The standard InChI is InChI=1S/C14H18FN3O/c15-11-4-1-5-12(10(11)7-16)18-6-2-3-9-13(18)8-17-14(9)19/h1,4-5,9,13H,2-3,6-8,16H2,(H,17,19). The summed E-state index contributed by atoms with van der Waals surface area (Å²) in [4.78, 5) is 13.9. The summed E-state index contributed by atoms with van der Waals surface area (Å²) in [5.74, 6) is -0.109. The van der Waals surface area contributed by atoms with Crippen molar-refractivity contribution in [1.82, 2.24) is 5.32 Å². The Morgan fingerprint density at radius 1 is 1.47 bits per heavy atom. The Morgan fingerprint density at radius 2 is 2.32 bits per heavy atom. The van der Waals surface area contributed by atoms with Crippen molar-refractivity contribution in [3.63, 3.8) is 0 Å². The van der Waals surface area contributed by atoms with Gasteiger partial charge in [-0.2, -0.15) is 0 Å².